The molecule has 0 aliphatic rings. The molecule has 76 valence electrons. The molecule has 0 atom stereocenters. The predicted molar refractivity (Wildman–Crippen MR) is 58.0 cm³/mol. The Balaban J connectivity index is 4.94. The van der Waals surface area contributed by atoms with Crippen molar-refractivity contribution in [2.24, 2.45) is 0 Å². The normalized spacial score (nSPS) is 11.8. The van der Waals surface area contributed by atoms with Crippen LogP contribution in [0.2, 0.25) is 0 Å². The van der Waals surface area contributed by atoms with E-state index in [4.69, 9.17) is 0 Å². The van der Waals surface area contributed by atoms with Gasteiger partial charge in [0.25, 0.3) is 0 Å². The zero-order chi connectivity index (χ0) is 11.1. The molecule has 0 heterocycles. The van der Waals surface area contributed by atoms with Crippen LogP contribution in [-0.4, -0.2) is 11.6 Å². The molecule has 0 aromatic carbocycles. The van der Waals surface area contributed by atoms with Gasteiger partial charge in [-0.25, -0.2) is 0 Å². The van der Waals surface area contributed by atoms with Crippen molar-refractivity contribution in [3.05, 3.63) is 36.0 Å². The monoisotopic (exact) mass is 192 g/mol. The van der Waals surface area contributed by atoms with Crippen LogP contribution in [0, 0.1) is 0 Å². The molecule has 14 heavy (non-hydrogen) atoms. The molecule has 0 aromatic rings. The van der Waals surface area contributed by atoms with Gasteiger partial charge in [-0.05, 0) is 13.8 Å². The minimum Gasteiger partial charge on any atom is -0.294 e. The van der Waals surface area contributed by atoms with Gasteiger partial charge in [0, 0.05) is 17.6 Å². The molecule has 0 amide bonds. The van der Waals surface area contributed by atoms with Crippen LogP contribution in [0.4, 0.5) is 0 Å². The summed E-state index contributed by atoms with van der Waals surface area (Å²) in [4.78, 5) is 22.5. The molecule has 0 bridgehead atoms. The lowest BCUT2D eigenvalue weighted by molar-refractivity contribution is -0.117. The van der Waals surface area contributed by atoms with E-state index in [0.29, 0.717) is 17.6 Å². The third kappa shape index (κ3) is 3.52. The summed E-state index contributed by atoms with van der Waals surface area (Å²) in [6.07, 6.45) is 5.52. The van der Waals surface area contributed by atoms with E-state index in [2.05, 4.69) is 6.58 Å². The lowest BCUT2D eigenvalue weighted by Gasteiger charge is -2.03. The second kappa shape index (κ2) is 6.08. The van der Waals surface area contributed by atoms with Gasteiger partial charge in [-0.2, -0.15) is 0 Å². The second-order valence-electron chi connectivity index (χ2n) is 2.92. The summed E-state index contributed by atoms with van der Waals surface area (Å²) in [5.41, 5.74) is 0.702. The van der Waals surface area contributed by atoms with E-state index in [1.807, 2.05) is 6.92 Å². The summed E-state index contributed by atoms with van der Waals surface area (Å²) < 4.78 is 0. The van der Waals surface area contributed by atoms with Gasteiger partial charge >= 0.3 is 0 Å². The first-order chi connectivity index (χ1) is 6.54. The summed E-state index contributed by atoms with van der Waals surface area (Å²) in [5.74, 6) is -0.217. The molecule has 0 saturated heterocycles. The van der Waals surface area contributed by atoms with Crippen molar-refractivity contribution in [1.82, 2.24) is 0 Å². The third-order valence-electron chi connectivity index (χ3n) is 1.82. The Morgan fingerprint density at radius 2 is 1.93 bits per heavy atom. The highest BCUT2D eigenvalue weighted by Crippen LogP contribution is 2.12. The summed E-state index contributed by atoms with van der Waals surface area (Å²) in [6.45, 7) is 8.66. The van der Waals surface area contributed by atoms with E-state index >= 15 is 0 Å². The minimum absolute atomic E-state index is 0.0871. The zero-order valence-electron chi connectivity index (χ0n) is 8.96. The molecule has 0 unspecified atom stereocenters. The lowest BCUT2D eigenvalue weighted by Crippen LogP contribution is -2.07. The van der Waals surface area contributed by atoms with Crippen LogP contribution in [0.25, 0.3) is 0 Å². The maximum absolute atomic E-state index is 11.3. The van der Waals surface area contributed by atoms with Crippen LogP contribution in [0.3, 0.4) is 0 Å². The standard InChI is InChI=1S/C12H16O2/c1-5-7-8-11(10(4)13)9(3)12(14)6-2/h5,7-8H,3,6H2,1-2,4H3/b7-5-,11-8+. The number of hydrogen-bond acceptors (Lipinski definition) is 2. The molecular formula is C12H16O2. The largest absolute Gasteiger partial charge is 0.294 e. The number of carbonyl (C=O) groups is 2. The molecule has 0 saturated carbocycles. The van der Waals surface area contributed by atoms with Gasteiger partial charge in [-0.3, -0.25) is 9.59 Å². The quantitative estimate of drug-likeness (QED) is 0.495. The van der Waals surface area contributed by atoms with E-state index in [-0.39, 0.29) is 11.6 Å². The molecular weight excluding hydrogens is 176 g/mol. The van der Waals surface area contributed by atoms with Gasteiger partial charge in [0.05, 0.1) is 0 Å². The van der Waals surface area contributed by atoms with Crippen molar-refractivity contribution < 1.29 is 9.59 Å². The predicted octanol–water partition coefficient (Wildman–Crippen LogP) is 2.61. The number of allylic oxidation sites excluding steroid dienone is 5. The molecule has 2 nitrogen and oxygen atoms in total. The van der Waals surface area contributed by atoms with E-state index in [0.717, 1.165) is 0 Å². The fourth-order valence-corrected chi connectivity index (χ4v) is 0.986. The van der Waals surface area contributed by atoms with Crippen LogP contribution in [0.5, 0.6) is 0 Å². The van der Waals surface area contributed by atoms with Crippen LogP contribution in [-0.2, 0) is 9.59 Å². The molecule has 0 aromatic heterocycles. The fourth-order valence-electron chi connectivity index (χ4n) is 0.986. The Morgan fingerprint density at radius 3 is 2.29 bits per heavy atom. The van der Waals surface area contributed by atoms with Gasteiger partial charge in [0.2, 0.25) is 0 Å². The first-order valence-corrected chi connectivity index (χ1v) is 4.61. The van der Waals surface area contributed by atoms with Crippen LogP contribution >= 0.6 is 0 Å². The van der Waals surface area contributed by atoms with Crippen molar-refractivity contribution in [3.63, 3.8) is 0 Å². The highest BCUT2D eigenvalue weighted by atomic mass is 16.1. The molecule has 0 rings (SSSR count). The lowest BCUT2D eigenvalue weighted by atomic mass is 9.98. The van der Waals surface area contributed by atoms with Crippen molar-refractivity contribution in [2.45, 2.75) is 27.2 Å². The Kier molecular flexibility index (Phi) is 5.46. The molecule has 2 heteroatoms. The first kappa shape index (κ1) is 12.6. The number of rotatable bonds is 5. The highest BCUT2D eigenvalue weighted by molar-refractivity contribution is 6.11. The molecule has 0 aliphatic heterocycles. The summed E-state index contributed by atoms with van der Waals surface area (Å²) in [6, 6.07) is 0. The fraction of sp³-hybridized carbons (Fsp3) is 0.333. The molecule has 0 N–H and O–H groups in total. The van der Waals surface area contributed by atoms with Crippen LogP contribution < -0.4 is 0 Å². The Morgan fingerprint density at radius 1 is 1.36 bits per heavy atom. The zero-order valence-corrected chi connectivity index (χ0v) is 8.96. The second-order valence-corrected chi connectivity index (χ2v) is 2.92. The van der Waals surface area contributed by atoms with Gasteiger partial charge in [0.15, 0.2) is 11.6 Å². The Labute approximate surface area is 85.0 Å². The van der Waals surface area contributed by atoms with Gasteiger partial charge in [-0.15, -0.1) is 0 Å². The maximum Gasteiger partial charge on any atom is 0.162 e. The third-order valence-corrected chi connectivity index (χ3v) is 1.82. The number of ketones is 2. The summed E-state index contributed by atoms with van der Waals surface area (Å²) in [7, 11) is 0. The van der Waals surface area contributed by atoms with E-state index in [1.54, 1.807) is 25.2 Å². The van der Waals surface area contributed by atoms with Crippen molar-refractivity contribution in [1.29, 1.82) is 0 Å². The average Bonchev–Trinajstić information content (AvgIpc) is 2.16. The molecule has 0 radical (unpaired) electrons. The summed E-state index contributed by atoms with van der Waals surface area (Å²) >= 11 is 0. The minimum atomic E-state index is -0.130. The Bertz CT molecular complexity index is 306. The maximum atomic E-state index is 11.3. The van der Waals surface area contributed by atoms with Crippen LogP contribution in [0.15, 0.2) is 36.0 Å². The highest BCUT2D eigenvalue weighted by Gasteiger charge is 2.12. The van der Waals surface area contributed by atoms with Gasteiger partial charge in [-0.1, -0.05) is 31.7 Å². The number of hydrogen-bond donors (Lipinski definition) is 0. The van der Waals surface area contributed by atoms with E-state index in [1.165, 1.54) is 6.92 Å². The van der Waals surface area contributed by atoms with Crippen molar-refractivity contribution in [3.8, 4) is 0 Å². The number of carbonyl (C=O) groups excluding carboxylic acids is 2. The summed E-state index contributed by atoms with van der Waals surface area (Å²) in [5, 5.41) is 0. The topological polar surface area (TPSA) is 34.1 Å². The van der Waals surface area contributed by atoms with Crippen LogP contribution in [0.1, 0.15) is 27.2 Å². The van der Waals surface area contributed by atoms with Crippen molar-refractivity contribution >= 4 is 11.6 Å². The molecule has 0 spiro atoms. The molecule has 0 fully saturated rings. The van der Waals surface area contributed by atoms with E-state index < -0.39 is 0 Å². The first-order valence-electron chi connectivity index (χ1n) is 4.61. The van der Waals surface area contributed by atoms with Crippen molar-refractivity contribution in [2.75, 3.05) is 0 Å². The van der Waals surface area contributed by atoms with Gasteiger partial charge in [0.1, 0.15) is 0 Å². The van der Waals surface area contributed by atoms with Gasteiger partial charge < -0.3 is 0 Å². The smallest absolute Gasteiger partial charge is 0.162 e. The SMILES string of the molecule is C=C(C(=O)CC)/C(=C\C=C/C)C(C)=O. The average molecular weight is 192 g/mol. The number of Topliss-reactive ketones (excluding diaryl/α,β-unsaturated/α-hetero) is 2. The Hall–Kier alpha value is -1.44. The molecule has 0 aliphatic carbocycles. The van der Waals surface area contributed by atoms with E-state index in [9.17, 15) is 9.59 Å².